The number of benzene rings is 1. The highest BCUT2D eigenvalue weighted by Gasteiger charge is 2.18. The molecule has 0 aliphatic carbocycles. The maximum Gasteiger partial charge on any atom is 0.328 e. The van der Waals surface area contributed by atoms with Crippen molar-refractivity contribution in [3.05, 3.63) is 67.5 Å². The average molecular weight is 372 g/mol. The van der Waals surface area contributed by atoms with E-state index in [1.165, 1.54) is 37.1 Å². The molecule has 138 valence electrons. The molecule has 0 saturated carbocycles. The molecule has 4 rings (SSSR count). The van der Waals surface area contributed by atoms with Gasteiger partial charge in [-0.05, 0) is 55.7 Å². The molecule has 0 amide bonds. The van der Waals surface area contributed by atoms with Crippen LogP contribution in [0.15, 0.2) is 33.9 Å². The molecule has 2 aliphatic rings. The van der Waals surface area contributed by atoms with Crippen molar-refractivity contribution in [2.75, 3.05) is 18.8 Å². The van der Waals surface area contributed by atoms with E-state index < -0.39 is 0 Å². The molecule has 1 aromatic carbocycles. The van der Waals surface area contributed by atoms with E-state index in [1.54, 1.807) is 16.3 Å². The highest BCUT2D eigenvalue weighted by Crippen LogP contribution is 2.21. The van der Waals surface area contributed by atoms with Crippen LogP contribution < -0.4 is 11.2 Å². The van der Waals surface area contributed by atoms with Gasteiger partial charge in [-0.15, -0.1) is 0 Å². The van der Waals surface area contributed by atoms with Crippen LogP contribution in [0.4, 0.5) is 0 Å². The first kappa shape index (κ1) is 17.6. The number of hydrogen-bond acceptors (Lipinski definition) is 4. The quantitative estimate of drug-likeness (QED) is 0.875. The molecule has 2 aliphatic heterocycles. The fourth-order valence-corrected chi connectivity index (χ4v) is 4.91. The predicted molar refractivity (Wildman–Crippen MR) is 106 cm³/mol. The van der Waals surface area contributed by atoms with Crippen LogP contribution in [-0.4, -0.2) is 33.3 Å². The van der Waals surface area contributed by atoms with Gasteiger partial charge in [0.15, 0.2) is 0 Å². The average Bonchev–Trinajstić information content (AvgIpc) is 3.16. The van der Waals surface area contributed by atoms with Gasteiger partial charge in [-0.3, -0.25) is 19.2 Å². The number of H-pyrrole nitrogens is 1. The summed E-state index contributed by atoms with van der Waals surface area (Å²) in [6, 6.07) is 8.75. The first-order chi connectivity index (χ1) is 12.7. The largest absolute Gasteiger partial charge is 0.328 e. The SMILES string of the molecule is O=c1[nH]c(=O)n(CCc2ccc(CN3CCCC3)cc2)c2c1CSCC2. The van der Waals surface area contributed by atoms with E-state index in [0.29, 0.717) is 12.3 Å². The van der Waals surface area contributed by atoms with Crippen molar-refractivity contribution in [3.8, 4) is 0 Å². The fraction of sp³-hybridized carbons (Fsp3) is 0.500. The molecule has 1 aromatic heterocycles. The summed E-state index contributed by atoms with van der Waals surface area (Å²) >= 11 is 1.76. The van der Waals surface area contributed by atoms with Gasteiger partial charge in [-0.25, -0.2) is 4.79 Å². The number of fused-ring (bicyclic) bond motifs is 1. The van der Waals surface area contributed by atoms with Crippen LogP contribution >= 0.6 is 11.8 Å². The first-order valence-electron chi connectivity index (χ1n) is 9.43. The molecule has 0 bridgehead atoms. The van der Waals surface area contributed by atoms with Crippen LogP contribution in [0.5, 0.6) is 0 Å². The third kappa shape index (κ3) is 3.81. The van der Waals surface area contributed by atoms with Crippen molar-refractivity contribution in [2.24, 2.45) is 0 Å². The molecule has 6 heteroatoms. The van der Waals surface area contributed by atoms with Crippen molar-refractivity contribution < 1.29 is 0 Å². The second kappa shape index (κ2) is 7.84. The van der Waals surface area contributed by atoms with E-state index in [2.05, 4.69) is 34.1 Å². The summed E-state index contributed by atoms with van der Waals surface area (Å²) < 4.78 is 1.77. The highest BCUT2D eigenvalue weighted by atomic mass is 32.2. The lowest BCUT2D eigenvalue weighted by Gasteiger charge is -2.19. The zero-order valence-corrected chi connectivity index (χ0v) is 15.8. The number of rotatable bonds is 5. The molecule has 2 aromatic rings. The molecule has 0 unspecified atom stereocenters. The van der Waals surface area contributed by atoms with Crippen molar-refractivity contribution >= 4 is 11.8 Å². The van der Waals surface area contributed by atoms with E-state index in [-0.39, 0.29) is 11.2 Å². The van der Waals surface area contributed by atoms with Gasteiger partial charge in [-0.2, -0.15) is 11.8 Å². The van der Waals surface area contributed by atoms with Gasteiger partial charge >= 0.3 is 5.69 Å². The van der Waals surface area contributed by atoms with E-state index in [4.69, 9.17) is 0 Å². The van der Waals surface area contributed by atoms with Gasteiger partial charge in [0.25, 0.3) is 5.56 Å². The van der Waals surface area contributed by atoms with Gasteiger partial charge in [0.1, 0.15) is 0 Å². The number of thioether (sulfide) groups is 1. The lowest BCUT2D eigenvalue weighted by molar-refractivity contribution is 0.331. The van der Waals surface area contributed by atoms with Crippen LogP contribution in [-0.2, 0) is 31.7 Å². The van der Waals surface area contributed by atoms with Crippen LogP contribution in [0.1, 0.15) is 35.2 Å². The molecule has 26 heavy (non-hydrogen) atoms. The lowest BCUT2D eigenvalue weighted by Crippen LogP contribution is -2.37. The zero-order chi connectivity index (χ0) is 17.9. The highest BCUT2D eigenvalue weighted by molar-refractivity contribution is 7.98. The summed E-state index contributed by atoms with van der Waals surface area (Å²) in [4.78, 5) is 29.3. The van der Waals surface area contributed by atoms with Crippen LogP contribution in [0.25, 0.3) is 0 Å². The number of hydrogen-bond donors (Lipinski definition) is 1. The van der Waals surface area contributed by atoms with Gasteiger partial charge < -0.3 is 0 Å². The van der Waals surface area contributed by atoms with Crippen molar-refractivity contribution in [1.82, 2.24) is 14.5 Å². The topological polar surface area (TPSA) is 58.1 Å². The Kier molecular flexibility index (Phi) is 5.31. The molecule has 3 heterocycles. The smallest absolute Gasteiger partial charge is 0.299 e. The zero-order valence-electron chi connectivity index (χ0n) is 15.0. The van der Waals surface area contributed by atoms with Crippen LogP contribution in [0.3, 0.4) is 0 Å². The van der Waals surface area contributed by atoms with Crippen molar-refractivity contribution in [1.29, 1.82) is 0 Å². The molecule has 1 fully saturated rings. The number of aryl methyl sites for hydroxylation is 1. The Morgan fingerprint density at radius 1 is 1.04 bits per heavy atom. The Morgan fingerprint density at radius 3 is 2.54 bits per heavy atom. The molecule has 5 nitrogen and oxygen atoms in total. The Bertz CT molecular complexity index is 879. The maximum absolute atomic E-state index is 12.3. The molecule has 1 N–H and O–H groups in total. The summed E-state index contributed by atoms with van der Waals surface area (Å²) in [5, 5.41) is 0. The van der Waals surface area contributed by atoms with Gasteiger partial charge in [0, 0.05) is 30.1 Å². The number of likely N-dealkylation sites (tertiary alicyclic amines) is 1. The van der Waals surface area contributed by atoms with Gasteiger partial charge in [0.05, 0.1) is 0 Å². The second-order valence-corrected chi connectivity index (χ2v) is 8.29. The summed E-state index contributed by atoms with van der Waals surface area (Å²) in [6.07, 6.45) is 4.23. The molecular formula is C20H25N3O2S. The predicted octanol–water partition coefficient (Wildman–Crippen LogP) is 2.16. The van der Waals surface area contributed by atoms with Crippen LogP contribution in [0, 0.1) is 0 Å². The molecule has 0 spiro atoms. The molecule has 1 saturated heterocycles. The molecular weight excluding hydrogens is 346 g/mol. The number of nitrogens with one attached hydrogen (secondary N) is 1. The fourth-order valence-electron chi connectivity index (χ4n) is 3.92. The molecule has 0 atom stereocenters. The van der Waals surface area contributed by atoms with Crippen molar-refractivity contribution in [3.63, 3.8) is 0 Å². The van der Waals surface area contributed by atoms with Crippen LogP contribution in [0.2, 0.25) is 0 Å². The van der Waals surface area contributed by atoms with E-state index in [1.807, 2.05) is 0 Å². The Balaban J connectivity index is 1.46. The number of aromatic amines is 1. The Hall–Kier alpha value is -1.79. The van der Waals surface area contributed by atoms with Gasteiger partial charge in [-0.1, -0.05) is 24.3 Å². The van der Waals surface area contributed by atoms with E-state index in [9.17, 15) is 9.59 Å². The first-order valence-corrected chi connectivity index (χ1v) is 10.6. The Labute approximate surface area is 157 Å². The summed E-state index contributed by atoms with van der Waals surface area (Å²) in [5.74, 6) is 1.68. The van der Waals surface area contributed by atoms with E-state index in [0.717, 1.165) is 36.4 Å². The summed E-state index contributed by atoms with van der Waals surface area (Å²) in [6.45, 7) is 4.07. The second-order valence-electron chi connectivity index (χ2n) is 7.19. The lowest BCUT2D eigenvalue weighted by atomic mass is 10.1. The summed E-state index contributed by atoms with van der Waals surface area (Å²) in [7, 11) is 0. The summed E-state index contributed by atoms with van der Waals surface area (Å²) in [5.41, 5.74) is 3.81. The number of nitrogens with zero attached hydrogens (tertiary/aromatic N) is 2. The number of aromatic nitrogens is 2. The third-order valence-electron chi connectivity index (χ3n) is 5.40. The van der Waals surface area contributed by atoms with Crippen molar-refractivity contribution in [2.45, 2.75) is 44.5 Å². The molecule has 0 radical (unpaired) electrons. The van der Waals surface area contributed by atoms with E-state index >= 15 is 0 Å². The minimum absolute atomic E-state index is 0.209. The standard InChI is InChI=1S/C20H25N3O2S/c24-19-17-14-26-12-8-18(17)23(20(25)21-19)11-7-15-3-5-16(6-4-15)13-22-9-1-2-10-22/h3-6H,1-2,7-14H2,(H,21,24,25). The minimum Gasteiger partial charge on any atom is -0.299 e. The normalized spacial score (nSPS) is 17.4. The monoisotopic (exact) mass is 371 g/mol. The van der Waals surface area contributed by atoms with Gasteiger partial charge in [0.2, 0.25) is 0 Å². The minimum atomic E-state index is -0.272. The Morgan fingerprint density at radius 2 is 1.77 bits per heavy atom. The maximum atomic E-state index is 12.3. The third-order valence-corrected chi connectivity index (χ3v) is 6.38.